The molecule has 1 amide bonds. The van der Waals surface area contributed by atoms with Crippen LogP contribution in [0.15, 0.2) is 0 Å². The van der Waals surface area contributed by atoms with Crippen LogP contribution in [0, 0.1) is 0 Å². The highest BCUT2D eigenvalue weighted by molar-refractivity contribution is 5.76. The van der Waals surface area contributed by atoms with Crippen molar-refractivity contribution in [1.82, 2.24) is 4.90 Å². The van der Waals surface area contributed by atoms with E-state index in [0.717, 1.165) is 25.8 Å². The van der Waals surface area contributed by atoms with E-state index in [-0.39, 0.29) is 12.0 Å². The summed E-state index contributed by atoms with van der Waals surface area (Å²) in [5.41, 5.74) is 0. The van der Waals surface area contributed by atoms with Gasteiger partial charge < -0.3 is 10.0 Å². The second kappa shape index (κ2) is 6.11. The Hall–Kier alpha value is -0.570. The Kier molecular flexibility index (Phi) is 5.09. The van der Waals surface area contributed by atoms with Crippen LogP contribution < -0.4 is 0 Å². The molecule has 0 bridgehead atoms. The molecule has 0 saturated carbocycles. The van der Waals surface area contributed by atoms with E-state index in [2.05, 4.69) is 6.92 Å². The minimum absolute atomic E-state index is 0.224. The number of amides is 1. The fourth-order valence-electron chi connectivity index (χ4n) is 2.23. The summed E-state index contributed by atoms with van der Waals surface area (Å²) in [5, 5.41) is 9.15. The monoisotopic (exact) mass is 213 g/mol. The number of piperidine rings is 1. The Morgan fingerprint density at radius 2 is 2.27 bits per heavy atom. The molecule has 0 aromatic heterocycles. The lowest BCUT2D eigenvalue weighted by Crippen LogP contribution is -2.43. The van der Waals surface area contributed by atoms with Gasteiger partial charge >= 0.3 is 0 Å². The quantitative estimate of drug-likeness (QED) is 0.775. The van der Waals surface area contributed by atoms with E-state index in [9.17, 15) is 4.79 Å². The number of aliphatic hydroxyl groups excluding tert-OH is 1. The lowest BCUT2D eigenvalue weighted by Gasteiger charge is -2.35. The van der Waals surface area contributed by atoms with Crippen LogP contribution in [0.25, 0.3) is 0 Å². The largest absolute Gasteiger partial charge is 0.393 e. The molecule has 0 aromatic carbocycles. The zero-order chi connectivity index (χ0) is 11.3. The number of carbonyl (C=O) groups excluding carboxylic acids is 1. The van der Waals surface area contributed by atoms with Crippen molar-refractivity contribution in [3.63, 3.8) is 0 Å². The number of hydrogen-bond acceptors (Lipinski definition) is 2. The molecule has 3 heteroatoms. The van der Waals surface area contributed by atoms with Gasteiger partial charge in [0.2, 0.25) is 5.91 Å². The van der Waals surface area contributed by atoms with Gasteiger partial charge in [0.15, 0.2) is 0 Å². The average Bonchev–Trinajstić information content (AvgIpc) is 2.25. The van der Waals surface area contributed by atoms with Crippen molar-refractivity contribution in [2.45, 2.75) is 64.5 Å². The lowest BCUT2D eigenvalue weighted by atomic mass is 9.99. The van der Waals surface area contributed by atoms with E-state index in [1.165, 1.54) is 6.42 Å². The molecule has 1 aliphatic heterocycles. The van der Waals surface area contributed by atoms with E-state index >= 15 is 0 Å². The van der Waals surface area contributed by atoms with Crippen molar-refractivity contribution in [3.05, 3.63) is 0 Å². The molecule has 3 nitrogen and oxygen atoms in total. The zero-order valence-corrected chi connectivity index (χ0v) is 9.91. The van der Waals surface area contributed by atoms with Crippen molar-refractivity contribution >= 4 is 5.91 Å². The highest BCUT2D eigenvalue weighted by atomic mass is 16.3. The van der Waals surface area contributed by atoms with E-state index < -0.39 is 0 Å². The molecule has 1 rings (SSSR count). The van der Waals surface area contributed by atoms with Crippen LogP contribution in [0.2, 0.25) is 0 Å². The molecule has 0 aromatic rings. The molecule has 2 atom stereocenters. The summed E-state index contributed by atoms with van der Waals surface area (Å²) < 4.78 is 0. The van der Waals surface area contributed by atoms with Crippen LogP contribution in [-0.2, 0) is 4.79 Å². The van der Waals surface area contributed by atoms with Gasteiger partial charge in [-0.2, -0.15) is 0 Å². The number of aliphatic hydroxyl groups is 1. The third-order valence-electron chi connectivity index (χ3n) is 3.19. The van der Waals surface area contributed by atoms with Crippen molar-refractivity contribution < 1.29 is 9.90 Å². The van der Waals surface area contributed by atoms with E-state index in [4.69, 9.17) is 5.11 Å². The fourth-order valence-corrected chi connectivity index (χ4v) is 2.23. The zero-order valence-electron chi connectivity index (χ0n) is 9.91. The molecule has 1 aliphatic rings. The van der Waals surface area contributed by atoms with Crippen LogP contribution in [0.5, 0.6) is 0 Å². The van der Waals surface area contributed by atoms with E-state index in [1.54, 1.807) is 6.92 Å². The molecule has 1 fully saturated rings. The third-order valence-corrected chi connectivity index (χ3v) is 3.19. The number of likely N-dealkylation sites (tertiary alicyclic amines) is 1. The summed E-state index contributed by atoms with van der Waals surface area (Å²) in [6.45, 7) is 4.79. The van der Waals surface area contributed by atoms with Gasteiger partial charge in [-0.05, 0) is 39.0 Å². The molecule has 0 radical (unpaired) electrons. The van der Waals surface area contributed by atoms with Crippen LogP contribution in [0.1, 0.15) is 52.4 Å². The SMILES string of the molecule is CCC1CCCCN1C(=O)CCC(C)O. The highest BCUT2D eigenvalue weighted by Crippen LogP contribution is 2.20. The Morgan fingerprint density at radius 1 is 1.53 bits per heavy atom. The fraction of sp³-hybridized carbons (Fsp3) is 0.917. The topological polar surface area (TPSA) is 40.5 Å². The van der Waals surface area contributed by atoms with Crippen molar-refractivity contribution in [1.29, 1.82) is 0 Å². The van der Waals surface area contributed by atoms with Crippen molar-refractivity contribution in [3.8, 4) is 0 Å². The molecular weight excluding hydrogens is 190 g/mol. The average molecular weight is 213 g/mol. The van der Waals surface area contributed by atoms with Crippen molar-refractivity contribution in [2.24, 2.45) is 0 Å². The van der Waals surface area contributed by atoms with Gasteiger partial charge in [0.05, 0.1) is 6.10 Å². The second-order valence-corrected chi connectivity index (χ2v) is 4.53. The summed E-state index contributed by atoms with van der Waals surface area (Å²) in [6.07, 6.45) is 5.31. The summed E-state index contributed by atoms with van der Waals surface area (Å²) in [4.78, 5) is 13.9. The third kappa shape index (κ3) is 3.82. The number of nitrogens with zero attached hydrogens (tertiary/aromatic N) is 1. The predicted molar refractivity (Wildman–Crippen MR) is 60.6 cm³/mol. The summed E-state index contributed by atoms with van der Waals surface area (Å²) in [5.74, 6) is 0.224. The maximum atomic E-state index is 11.9. The Balaban J connectivity index is 2.41. The van der Waals surface area contributed by atoms with Crippen molar-refractivity contribution in [2.75, 3.05) is 6.54 Å². The van der Waals surface area contributed by atoms with Gasteiger partial charge in [-0.3, -0.25) is 4.79 Å². The number of rotatable bonds is 4. The first-order valence-electron chi connectivity index (χ1n) is 6.12. The normalized spacial score (nSPS) is 23.9. The lowest BCUT2D eigenvalue weighted by molar-refractivity contribution is -0.135. The molecule has 1 N–H and O–H groups in total. The number of carbonyl (C=O) groups is 1. The first kappa shape index (κ1) is 12.5. The van der Waals surface area contributed by atoms with Crippen LogP contribution in [0.3, 0.4) is 0 Å². The summed E-state index contributed by atoms with van der Waals surface area (Å²) >= 11 is 0. The standard InChI is InChI=1S/C12H23NO2/c1-3-11-6-4-5-9-13(11)12(15)8-7-10(2)14/h10-11,14H,3-9H2,1-2H3. The van der Waals surface area contributed by atoms with Crippen LogP contribution >= 0.6 is 0 Å². The molecule has 15 heavy (non-hydrogen) atoms. The maximum absolute atomic E-state index is 11.9. The summed E-state index contributed by atoms with van der Waals surface area (Å²) in [7, 11) is 0. The van der Waals surface area contributed by atoms with Gasteiger partial charge in [0.1, 0.15) is 0 Å². The number of hydrogen-bond donors (Lipinski definition) is 1. The van der Waals surface area contributed by atoms with Gasteiger partial charge in [-0.1, -0.05) is 6.92 Å². The summed E-state index contributed by atoms with van der Waals surface area (Å²) in [6, 6.07) is 0.445. The minimum Gasteiger partial charge on any atom is -0.393 e. The van der Waals surface area contributed by atoms with Gasteiger partial charge in [0.25, 0.3) is 0 Å². The van der Waals surface area contributed by atoms with E-state index in [0.29, 0.717) is 18.9 Å². The maximum Gasteiger partial charge on any atom is 0.222 e. The first-order chi connectivity index (χ1) is 7.15. The Labute approximate surface area is 92.5 Å². The smallest absolute Gasteiger partial charge is 0.222 e. The molecule has 1 heterocycles. The first-order valence-corrected chi connectivity index (χ1v) is 6.12. The molecular formula is C12H23NO2. The highest BCUT2D eigenvalue weighted by Gasteiger charge is 2.24. The van der Waals surface area contributed by atoms with Gasteiger partial charge in [0, 0.05) is 19.0 Å². The minimum atomic E-state index is -0.362. The molecule has 0 spiro atoms. The van der Waals surface area contributed by atoms with Crippen LogP contribution in [-0.4, -0.2) is 34.6 Å². The molecule has 88 valence electrons. The van der Waals surface area contributed by atoms with Gasteiger partial charge in [-0.25, -0.2) is 0 Å². The van der Waals surface area contributed by atoms with Crippen LogP contribution in [0.4, 0.5) is 0 Å². The predicted octanol–water partition coefficient (Wildman–Crippen LogP) is 1.94. The molecule has 1 saturated heterocycles. The van der Waals surface area contributed by atoms with E-state index in [1.807, 2.05) is 4.90 Å². The molecule has 0 aliphatic carbocycles. The Morgan fingerprint density at radius 3 is 2.87 bits per heavy atom. The second-order valence-electron chi connectivity index (χ2n) is 4.53. The Bertz CT molecular complexity index is 204. The molecule has 2 unspecified atom stereocenters. The van der Waals surface area contributed by atoms with Gasteiger partial charge in [-0.15, -0.1) is 0 Å².